The van der Waals surface area contributed by atoms with E-state index in [1.165, 1.54) is 30.1 Å². The van der Waals surface area contributed by atoms with E-state index in [0.29, 0.717) is 16.0 Å². The second kappa shape index (κ2) is 8.04. The van der Waals surface area contributed by atoms with Gasteiger partial charge in [0.15, 0.2) is 5.88 Å². The number of aromatic hydroxyl groups is 1. The van der Waals surface area contributed by atoms with Crippen LogP contribution >= 0.6 is 11.3 Å². The first-order chi connectivity index (χ1) is 14.9. The molecule has 0 saturated carbocycles. The molecule has 3 N–H and O–H groups in total. The summed E-state index contributed by atoms with van der Waals surface area (Å²) >= 11 is 1.36. The third-order valence-corrected chi connectivity index (χ3v) is 5.66. The van der Waals surface area contributed by atoms with Gasteiger partial charge in [0, 0.05) is 21.8 Å². The Hall–Kier alpha value is -3.97. The summed E-state index contributed by atoms with van der Waals surface area (Å²) in [6, 6.07) is 8.22. The molecule has 0 bridgehead atoms. The molecule has 0 radical (unpaired) electrons. The molecule has 2 aromatic heterocycles. The van der Waals surface area contributed by atoms with E-state index in [9.17, 15) is 14.7 Å². The summed E-state index contributed by atoms with van der Waals surface area (Å²) < 4.78 is 6.69. The Kier molecular flexibility index (Phi) is 5.27. The first kappa shape index (κ1) is 20.3. The average Bonchev–Trinajstić information content (AvgIpc) is 3.42. The normalized spacial score (nSPS) is 18.0. The van der Waals surface area contributed by atoms with Crippen LogP contribution in [0.1, 0.15) is 9.75 Å². The van der Waals surface area contributed by atoms with Crippen molar-refractivity contribution in [2.75, 3.05) is 14.2 Å². The molecule has 3 amide bonds. The molecule has 3 aromatic rings. The molecule has 9 nitrogen and oxygen atoms in total. The van der Waals surface area contributed by atoms with Gasteiger partial charge < -0.3 is 24.6 Å². The Morgan fingerprint density at radius 3 is 2.84 bits per heavy atom. The number of imide groups is 1. The lowest BCUT2D eigenvalue weighted by Crippen LogP contribution is -2.49. The van der Waals surface area contributed by atoms with E-state index in [2.05, 4.69) is 32.5 Å². The largest absolute Gasteiger partial charge is 0.497 e. The van der Waals surface area contributed by atoms with Gasteiger partial charge in [0.25, 0.3) is 5.91 Å². The number of aromatic nitrogens is 1. The fourth-order valence-corrected chi connectivity index (χ4v) is 3.95. The van der Waals surface area contributed by atoms with Crippen LogP contribution in [0.3, 0.4) is 0 Å². The molecule has 1 saturated heterocycles. The van der Waals surface area contributed by atoms with Crippen LogP contribution in [0.15, 0.2) is 41.7 Å². The maximum Gasteiger partial charge on any atom is 0.323 e. The Labute approximate surface area is 181 Å². The minimum Gasteiger partial charge on any atom is -0.497 e. The summed E-state index contributed by atoms with van der Waals surface area (Å²) in [5, 5.41) is 20.5. The van der Waals surface area contributed by atoms with Gasteiger partial charge in [0.2, 0.25) is 5.54 Å². The Balaban J connectivity index is 1.70. The number of amides is 3. The fraction of sp³-hybridized carbons (Fsp3) is 0.190. The maximum absolute atomic E-state index is 12.7. The number of ether oxygens (including phenoxy) is 1. The number of methoxy groups -OCH3 is 1. The van der Waals surface area contributed by atoms with Crippen molar-refractivity contribution in [2.45, 2.75) is 12.1 Å². The predicted molar refractivity (Wildman–Crippen MR) is 115 cm³/mol. The smallest absolute Gasteiger partial charge is 0.323 e. The molecule has 1 atom stereocenters. The van der Waals surface area contributed by atoms with E-state index in [-0.39, 0.29) is 12.4 Å². The van der Waals surface area contributed by atoms with Gasteiger partial charge in [0.1, 0.15) is 12.9 Å². The average molecular weight is 438 g/mol. The standard InChI is InChI=1S/C21H18N4O5S/c1-29-14-4-3-13-11-25(18(26)17(13)9-14)12-21(19(27)23-20(28)24-21)8-7-15-5-6-16(31-15)10-22-30-2/h3-6,9-11,26H,12H2,1-2H3,(H2,23,24,27,28)/t21-/m1/s1. The minimum absolute atomic E-state index is 0.0572. The van der Waals surface area contributed by atoms with E-state index in [1.807, 2.05) is 6.07 Å². The third kappa shape index (κ3) is 3.91. The van der Waals surface area contributed by atoms with Crippen molar-refractivity contribution in [3.05, 3.63) is 46.3 Å². The SMILES string of the molecule is CON=Cc1ccc(C#C[C@]2(Cn3cc4ccc(OC)cc4c3O)NC(=O)NC2=O)s1. The number of urea groups is 1. The Morgan fingerprint density at radius 2 is 2.13 bits per heavy atom. The van der Waals surface area contributed by atoms with E-state index < -0.39 is 17.5 Å². The number of hydrogen-bond donors (Lipinski definition) is 3. The summed E-state index contributed by atoms with van der Waals surface area (Å²) in [6.45, 7) is -0.0796. The monoisotopic (exact) mass is 438 g/mol. The van der Waals surface area contributed by atoms with Crippen LogP contribution in [0.2, 0.25) is 0 Å². The van der Waals surface area contributed by atoms with Crippen molar-refractivity contribution in [3.63, 3.8) is 0 Å². The summed E-state index contributed by atoms with van der Waals surface area (Å²) in [7, 11) is 2.99. The molecule has 3 heterocycles. The zero-order valence-electron chi connectivity index (χ0n) is 16.6. The molecule has 0 aliphatic carbocycles. The Bertz CT molecular complexity index is 1270. The van der Waals surface area contributed by atoms with Gasteiger partial charge >= 0.3 is 6.03 Å². The third-order valence-electron chi connectivity index (χ3n) is 4.73. The molecule has 1 fully saturated rings. The molecule has 1 aliphatic rings. The molecule has 1 aliphatic heterocycles. The lowest BCUT2D eigenvalue weighted by Gasteiger charge is -2.20. The summed E-state index contributed by atoms with van der Waals surface area (Å²) in [5.74, 6) is 5.78. The molecule has 4 rings (SSSR count). The van der Waals surface area contributed by atoms with Crippen molar-refractivity contribution in [1.29, 1.82) is 0 Å². The van der Waals surface area contributed by atoms with Crippen molar-refractivity contribution >= 4 is 40.3 Å². The van der Waals surface area contributed by atoms with Crippen molar-refractivity contribution < 1.29 is 24.3 Å². The number of thiophene rings is 1. The molecular formula is C21H18N4O5S. The van der Waals surface area contributed by atoms with Crippen LogP contribution in [-0.2, 0) is 16.2 Å². The van der Waals surface area contributed by atoms with Crippen molar-refractivity contribution in [2.24, 2.45) is 5.16 Å². The van der Waals surface area contributed by atoms with E-state index in [0.717, 1.165) is 10.3 Å². The van der Waals surface area contributed by atoms with E-state index in [4.69, 9.17) is 4.74 Å². The molecule has 158 valence electrons. The maximum atomic E-state index is 12.7. The van der Waals surface area contributed by atoms with Gasteiger partial charge in [-0.3, -0.25) is 10.1 Å². The first-order valence-corrected chi connectivity index (χ1v) is 9.95. The number of fused-ring (bicyclic) bond motifs is 1. The van der Waals surface area contributed by atoms with Crippen LogP contribution in [0.4, 0.5) is 4.79 Å². The zero-order valence-corrected chi connectivity index (χ0v) is 17.4. The molecule has 0 unspecified atom stereocenters. The van der Waals surface area contributed by atoms with Crippen molar-refractivity contribution in [1.82, 2.24) is 15.2 Å². The van der Waals surface area contributed by atoms with Gasteiger partial charge in [-0.05, 0) is 30.3 Å². The Morgan fingerprint density at radius 1 is 1.29 bits per heavy atom. The van der Waals surface area contributed by atoms with Crippen LogP contribution in [0, 0.1) is 11.8 Å². The summed E-state index contributed by atoms with van der Waals surface area (Å²) in [6.07, 6.45) is 3.24. The fourth-order valence-electron chi connectivity index (χ4n) is 3.22. The molecule has 10 heteroatoms. The number of carbonyl (C=O) groups is 2. The van der Waals surface area contributed by atoms with Crippen molar-refractivity contribution in [3.8, 4) is 23.5 Å². The van der Waals surface area contributed by atoms with Crippen LogP contribution in [0.5, 0.6) is 11.6 Å². The van der Waals surface area contributed by atoms with Gasteiger partial charge in [-0.25, -0.2) is 4.79 Å². The highest BCUT2D eigenvalue weighted by molar-refractivity contribution is 7.14. The zero-order chi connectivity index (χ0) is 22.0. The highest BCUT2D eigenvalue weighted by Gasteiger charge is 2.46. The molecular weight excluding hydrogens is 420 g/mol. The highest BCUT2D eigenvalue weighted by atomic mass is 32.1. The van der Waals surface area contributed by atoms with E-state index in [1.54, 1.807) is 36.7 Å². The second-order valence-electron chi connectivity index (χ2n) is 6.72. The number of hydrogen-bond acceptors (Lipinski definition) is 7. The number of nitrogens with one attached hydrogen (secondary N) is 2. The number of oxime groups is 1. The topological polar surface area (TPSA) is 114 Å². The lowest BCUT2D eigenvalue weighted by atomic mass is 10.0. The number of nitrogens with zero attached hydrogens (tertiary/aromatic N) is 2. The molecule has 31 heavy (non-hydrogen) atoms. The van der Waals surface area contributed by atoms with Crippen LogP contribution in [-0.4, -0.2) is 47.6 Å². The minimum atomic E-state index is -1.54. The lowest BCUT2D eigenvalue weighted by molar-refractivity contribution is -0.122. The van der Waals surface area contributed by atoms with Gasteiger partial charge in [0.05, 0.1) is 24.7 Å². The first-order valence-electron chi connectivity index (χ1n) is 9.13. The van der Waals surface area contributed by atoms with Gasteiger partial charge in [-0.1, -0.05) is 17.0 Å². The summed E-state index contributed by atoms with van der Waals surface area (Å²) in [5.41, 5.74) is -1.54. The molecule has 1 aromatic carbocycles. The number of rotatable bonds is 5. The number of benzene rings is 1. The second-order valence-corrected chi connectivity index (χ2v) is 7.83. The van der Waals surface area contributed by atoms with Crippen LogP contribution < -0.4 is 15.4 Å². The quantitative estimate of drug-likeness (QED) is 0.244. The van der Waals surface area contributed by atoms with Gasteiger partial charge in [-0.15, -0.1) is 11.3 Å². The van der Waals surface area contributed by atoms with Crippen LogP contribution in [0.25, 0.3) is 10.8 Å². The van der Waals surface area contributed by atoms with E-state index >= 15 is 0 Å². The highest BCUT2D eigenvalue weighted by Crippen LogP contribution is 2.32. The van der Waals surface area contributed by atoms with Gasteiger partial charge in [-0.2, -0.15) is 0 Å². The summed E-state index contributed by atoms with van der Waals surface area (Å²) in [4.78, 5) is 30.7. The molecule has 0 spiro atoms. The number of carbonyl (C=O) groups excluding carboxylic acids is 2. The predicted octanol–water partition coefficient (Wildman–Crippen LogP) is 2.03.